The van der Waals surface area contributed by atoms with Crippen molar-refractivity contribution in [3.8, 4) is 0 Å². The summed E-state index contributed by atoms with van der Waals surface area (Å²) in [7, 11) is 3.69. The van der Waals surface area contributed by atoms with E-state index in [0.29, 0.717) is 19.3 Å². The number of halogens is 2. The smallest absolute Gasteiger partial charge is 0.311 e. The van der Waals surface area contributed by atoms with E-state index in [-0.39, 0.29) is 74.7 Å². The first-order valence-corrected chi connectivity index (χ1v) is 26.5. The van der Waals surface area contributed by atoms with Crippen molar-refractivity contribution < 1.29 is 68.7 Å². The average Bonchev–Trinajstić information content (AvgIpc) is 3.49. The van der Waals surface area contributed by atoms with Gasteiger partial charge >= 0.3 is 5.97 Å². The number of cyclic esters (lactones) is 1. The summed E-state index contributed by atoms with van der Waals surface area (Å²) in [6.07, 6.45) is -5.12. The minimum absolute atomic E-state index is 0.0427. The quantitative estimate of drug-likeness (QED) is 0.0939. The number of aliphatic hydroxyl groups is 7. The van der Waals surface area contributed by atoms with Crippen molar-refractivity contribution in [2.75, 3.05) is 33.7 Å². The van der Waals surface area contributed by atoms with Gasteiger partial charge in [-0.2, -0.15) is 0 Å². The van der Waals surface area contributed by atoms with Crippen LogP contribution in [0.25, 0.3) is 0 Å². The van der Waals surface area contributed by atoms with Gasteiger partial charge in [-0.1, -0.05) is 47.6 Å². The van der Waals surface area contributed by atoms with Gasteiger partial charge in [-0.15, -0.1) is 11.6 Å². The third kappa shape index (κ3) is 10.1. The van der Waals surface area contributed by atoms with Gasteiger partial charge in [0.1, 0.15) is 30.1 Å². The van der Waals surface area contributed by atoms with E-state index in [2.05, 4.69) is 5.32 Å². The van der Waals surface area contributed by atoms with E-state index in [1.165, 1.54) is 26.0 Å². The second-order valence-electron chi connectivity index (χ2n) is 24.0. The summed E-state index contributed by atoms with van der Waals surface area (Å²) in [5.74, 6) is -5.90. The predicted molar refractivity (Wildman–Crippen MR) is 264 cm³/mol. The number of allylic oxidation sites excluding steroid dienone is 4. The summed E-state index contributed by atoms with van der Waals surface area (Å²) in [6.45, 7) is 19.3. The lowest BCUT2D eigenvalue weighted by Crippen LogP contribution is -2.70. The van der Waals surface area contributed by atoms with Crippen molar-refractivity contribution >= 4 is 29.3 Å². The molecule has 2 heterocycles. The number of aliphatic hydroxyl groups excluding tert-OH is 4. The standard InChI is InChI=1S/C53H87ClFN3O13/c1-14-40-51(11,67)43(63)32(7)58(26-27(2)24-50(10,66)44(30(5)41(61)31(6)45(64)70-40)71-46-42(62)38(57(12)13)21-29(4)69-46)19-15-18-56-47(65)53(68)28(3)20-34-35-23-37(55)36-22-33(59)16-17-48(36,8)52(35,54)39(60)25-49(34,53)9/h16-17,22,27-32,34-35,37-44,46,60-63,66-68H,14-15,18-21,23-26H2,1-13H3,(H,56,65)/t27-,28-,29-,30+,31?,32-,34?,35?,37+,38-,39+,40-,41+,42-,43-,44-,46+,48+,49+,50-,51-,52+,53+/m1/s1. The first-order valence-electron chi connectivity index (χ1n) is 26.1. The number of hydrogen-bond donors (Lipinski definition) is 8. The van der Waals surface area contributed by atoms with E-state index in [4.69, 9.17) is 25.8 Å². The van der Waals surface area contributed by atoms with Gasteiger partial charge in [0.25, 0.3) is 5.91 Å². The Balaban J connectivity index is 1.23. The highest BCUT2D eigenvalue weighted by atomic mass is 35.5. The monoisotopic (exact) mass is 1030 g/mol. The topological polar surface area (TPSA) is 239 Å². The molecule has 0 aromatic rings. The minimum Gasteiger partial charge on any atom is -0.459 e. The zero-order valence-electron chi connectivity index (χ0n) is 44.3. The summed E-state index contributed by atoms with van der Waals surface area (Å²) >= 11 is 7.53. The van der Waals surface area contributed by atoms with E-state index >= 15 is 4.39 Å². The molecule has 4 aliphatic carbocycles. The summed E-state index contributed by atoms with van der Waals surface area (Å²) in [5, 5.41) is 87.5. The van der Waals surface area contributed by atoms with Crippen LogP contribution in [0.3, 0.4) is 0 Å². The molecule has 0 bridgehead atoms. The molecule has 3 unspecified atom stereocenters. The van der Waals surface area contributed by atoms with Crippen LogP contribution >= 0.6 is 11.6 Å². The molecule has 1 amide bonds. The zero-order chi connectivity index (χ0) is 53.3. The molecule has 0 aromatic heterocycles. The molecule has 0 aromatic carbocycles. The number of fused-ring (bicyclic) bond motifs is 5. The second kappa shape index (κ2) is 21.1. The fourth-order valence-electron chi connectivity index (χ4n) is 14.5. The lowest BCUT2D eigenvalue weighted by atomic mass is 9.45. The zero-order valence-corrected chi connectivity index (χ0v) is 45.1. The van der Waals surface area contributed by atoms with E-state index in [0.717, 1.165) is 0 Å². The highest BCUT2D eigenvalue weighted by molar-refractivity contribution is 6.26. The van der Waals surface area contributed by atoms with Crippen molar-refractivity contribution in [2.45, 2.75) is 210 Å². The molecule has 6 rings (SSSR count). The molecule has 0 spiro atoms. The lowest BCUT2D eigenvalue weighted by molar-refractivity contribution is -0.299. The summed E-state index contributed by atoms with van der Waals surface area (Å²) in [4.78, 5) is 43.1. The maximum Gasteiger partial charge on any atom is 0.311 e. The van der Waals surface area contributed by atoms with E-state index < -0.39 is 129 Å². The van der Waals surface area contributed by atoms with Crippen LogP contribution in [0.15, 0.2) is 23.8 Å². The van der Waals surface area contributed by atoms with Crippen LogP contribution in [0, 0.1) is 46.3 Å². The third-order valence-corrected chi connectivity index (χ3v) is 19.7. The average molecular weight is 1030 g/mol. The van der Waals surface area contributed by atoms with E-state index in [1.807, 2.05) is 37.7 Å². The van der Waals surface area contributed by atoms with Gasteiger partial charge in [0.15, 0.2) is 17.7 Å². The van der Waals surface area contributed by atoms with Crippen LogP contribution in [0.2, 0.25) is 0 Å². The molecular weight excluding hydrogens is 941 g/mol. The minimum atomic E-state index is -1.97. The molecule has 2 saturated heterocycles. The van der Waals surface area contributed by atoms with Crippen LogP contribution in [0.4, 0.5) is 4.39 Å². The fraction of sp³-hybridized carbons (Fsp3) is 0.868. The molecule has 6 aliphatic rings. The van der Waals surface area contributed by atoms with Crippen LogP contribution < -0.4 is 5.32 Å². The summed E-state index contributed by atoms with van der Waals surface area (Å²) in [6, 6.07) is -1.11. The highest BCUT2D eigenvalue weighted by Gasteiger charge is 2.76. The van der Waals surface area contributed by atoms with Gasteiger partial charge in [-0.05, 0) is 135 Å². The van der Waals surface area contributed by atoms with Crippen LogP contribution in [-0.4, -0.2) is 186 Å². The number of hydrogen-bond acceptors (Lipinski definition) is 15. The van der Waals surface area contributed by atoms with Crippen molar-refractivity contribution in [1.29, 1.82) is 0 Å². The number of amides is 1. The van der Waals surface area contributed by atoms with Crippen molar-refractivity contribution in [1.82, 2.24) is 15.1 Å². The molecule has 2 aliphatic heterocycles. The lowest BCUT2D eigenvalue weighted by Gasteiger charge is -2.64. The molecule has 3 saturated carbocycles. The molecule has 18 heteroatoms. The van der Waals surface area contributed by atoms with Crippen molar-refractivity contribution in [3.05, 3.63) is 23.8 Å². The fourth-order valence-corrected chi connectivity index (χ4v) is 15.0. The van der Waals surface area contributed by atoms with E-state index in [9.17, 15) is 50.1 Å². The van der Waals surface area contributed by atoms with E-state index in [1.54, 1.807) is 54.5 Å². The number of carbonyl (C=O) groups is 3. The second-order valence-corrected chi connectivity index (χ2v) is 24.7. The van der Waals surface area contributed by atoms with Gasteiger partial charge in [0.05, 0.1) is 40.8 Å². The van der Waals surface area contributed by atoms with Crippen molar-refractivity contribution in [3.63, 3.8) is 0 Å². The number of alkyl halides is 2. The maximum atomic E-state index is 16.2. The third-order valence-electron chi connectivity index (χ3n) is 18.8. The number of ether oxygens (including phenoxy) is 3. The molecular formula is C53H87ClFN3O13. The molecule has 16 nitrogen and oxygen atoms in total. The maximum absolute atomic E-state index is 16.2. The molecule has 23 atom stereocenters. The number of nitrogens with one attached hydrogen (secondary N) is 1. The molecule has 0 radical (unpaired) electrons. The Bertz CT molecular complexity index is 2010. The Hall–Kier alpha value is -2.13. The Morgan fingerprint density at radius 2 is 1.61 bits per heavy atom. The number of nitrogens with zero attached hydrogens (tertiary/aromatic N) is 2. The molecule has 8 N–H and O–H groups in total. The summed E-state index contributed by atoms with van der Waals surface area (Å²) < 4.78 is 34.7. The number of likely N-dealkylation sites (N-methyl/N-ethyl adjacent to an activating group) is 1. The first-order chi connectivity index (χ1) is 32.8. The normalized spacial score (nSPS) is 50.2. The van der Waals surface area contributed by atoms with Crippen LogP contribution in [0.1, 0.15) is 121 Å². The Morgan fingerprint density at radius 3 is 2.23 bits per heavy atom. The number of esters is 1. The van der Waals surface area contributed by atoms with Gasteiger partial charge in [-0.25, -0.2) is 4.39 Å². The van der Waals surface area contributed by atoms with Gasteiger partial charge in [-0.3, -0.25) is 19.3 Å². The Morgan fingerprint density at radius 1 is 0.958 bits per heavy atom. The highest BCUT2D eigenvalue weighted by Crippen LogP contribution is 2.71. The van der Waals surface area contributed by atoms with Crippen molar-refractivity contribution in [2.24, 2.45) is 46.3 Å². The van der Waals surface area contributed by atoms with Gasteiger partial charge in [0.2, 0.25) is 0 Å². The molecule has 406 valence electrons. The molecule has 5 fully saturated rings. The first kappa shape index (κ1) is 58.1. The summed E-state index contributed by atoms with van der Waals surface area (Å²) in [5.41, 5.74) is -7.78. The molecule has 71 heavy (non-hydrogen) atoms. The Kier molecular flexibility index (Phi) is 17.3. The Labute approximate surface area is 425 Å². The van der Waals surface area contributed by atoms with Gasteiger partial charge in [0, 0.05) is 48.5 Å². The van der Waals surface area contributed by atoms with Crippen LogP contribution in [0.5, 0.6) is 0 Å². The SMILES string of the molecule is CC[C@H]1OC(=O)C(C)[C@@H](O)[C@H](C)[C@@H](O[C@@H]2O[C@H](C)C[C@@H](N(C)C)[C@H]2O)[C@](C)(O)C[C@@H](C)CN(CCCNC(=O)[C@@]2(O)[C@H](C)CC3C4C[C@H](F)C5=CC(=O)C=C[C@]5(C)[C@@]4(Cl)[C@@H](O)C[C@@]32C)[C@H](C)[C@@H](O)[C@]1(C)O. The predicted octanol–water partition coefficient (Wildman–Crippen LogP) is 3.42. The number of ketones is 1. The van der Waals surface area contributed by atoms with Crippen LogP contribution in [-0.2, 0) is 28.6 Å². The largest absolute Gasteiger partial charge is 0.459 e. The number of carbonyl (C=O) groups excluding carboxylic acids is 3. The number of rotatable bonds is 9. The van der Waals surface area contributed by atoms with Gasteiger partial charge < -0.3 is 60.2 Å².